The van der Waals surface area contributed by atoms with E-state index in [0.29, 0.717) is 6.04 Å². The zero-order valence-corrected chi connectivity index (χ0v) is 19.7. The van der Waals surface area contributed by atoms with Crippen molar-refractivity contribution < 1.29 is 0 Å². The van der Waals surface area contributed by atoms with E-state index >= 15 is 0 Å². The van der Waals surface area contributed by atoms with Gasteiger partial charge >= 0.3 is 0 Å². The topological polar surface area (TPSA) is 42.9 Å². The molecule has 0 aromatic heterocycles. The summed E-state index contributed by atoms with van der Waals surface area (Å²) in [7, 11) is 4.03. The van der Waals surface area contributed by atoms with Crippen molar-refractivity contribution in [3.8, 4) is 0 Å². The number of rotatable bonds is 4. The van der Waals surface area contributed by atoms with Crippen LogP contribution < -0.4 is 20.4 Å². The van der Waals surface area contributed by atoms with E-state index in [0.717, 1.165) is 38.6 Å². The Labute approximate surface area is 191 Å². The number of para-hydroxylation sites is 1. The minimum absolute atomic E-state index is 0. The van der Waals surface area contributed by atoms with Crippen LogP contribution in [0.4, 0.5) is 11.4 Å². The molecule has 2 N–H and O–H groups in total. The van der Waals surface area contributed by atoms with E-state index < -0.39 is 0 Å². The Bertz CT molecular complexity index is 823. The average molecular weight is 505 g/mol. The molecule has 0 aliphatic carbocycles. The number of nitrogens with one attached hydrogen (secondary N) is 2. The molecule has 0 radical (unpaired) electrons. The van der Waals surface area contributed by atoms with Crippen molar-refractivity contribution in [2.24, 2.45) is 4.99 Å². The monoisotopic (exact) mass is 505 g/mol. The Kier molecular flexibility index (Phi) is 7.64. The van der Waals surface area contributed by atoms with Gasteiger partial charge in [-0.25, -0.2) is 0 Å². The second-order valence-electron chi connectivity index (χ2n) is 7.83. The minimum Gasteiger partial charge on any atom is -0.374 e. The molecule has 4 rings (SSSR count). The first-order valence-corrected chi connectivity index (χ1v) is 10.3. The maximum atomic E-state index is 4.43. The smallest absolute Gasteiger partial charge is 0.191 e. The lowest BCUT2D eigenvalue weighted by atomic mass is 9.99. The Balaban J connectivity index is 0.00000240. The molecule has 2 aromatic carbocycles. The van der Waals surface area contributed by atoms with Gasteiger partial charge in [0.05, 0.1) is 0 Å². The van der Waals surface area contributed by atoms with Gasteiger partial charge < -0.3 is 20.4 Å². The number of hydrogen-bond acceptors (Lipinski definition) is 3. The Hall–Kier alpha value is -1.96. The third kappa shape index (κ3) is 5.35. The number of fused-ring (bicyclic) bond motifs is 1. The number of aliphatic imine (C=N–C) groups is 1. The Morgan fingerprint density at radius 3 is 2.76 bits per heavy atom. The number of hydrogen-bond donors (Lipinski definition) is 2. The number of benzene rings is 2. The van der Waals surface area contributed by atoms with Gasteiger partial charge in [-0.2, -0.15) is 0 Å². The van der Waals surface area contributed by atoms with Crippen LogP contribution in [0.3, 0.4) is 0 Å². The summed E-state index contributed by atoms with van der Waals surface area (Å²) in [6.45, 7) is 4.04. The van der Waals surface area contributed by atoms with Crippen molar-refractivity contribution in [3.05, 3.63) is 59.7 Å². The molecule has 0 saturated carbocycles. The van der Waals surface area contributed by atoms with Gasteiger partial charge in [0, 0.05) is 57.7 Å². The summed E-state index contributed by atoms with van der Waals surface area (Å²) in [5.41, 5.74) is 5.46. The second kappa shape index (κ2) is 10.2. The molecule has 2 heterocycles. The van der Waals surface area contributed by atoms with Crippen molar-refractivity contribution in [3.63, 3.8) is 0 Å². The maximum absolute atomic E-state index is 4.43. The van der Waals surface area contributed by atoms with Gasteiger partial charge in [-0.1, -0.05) is 30.3 Å². The lowest BCUT2D eigenvalue weighted by Crippen LogP contribution is -2.44. The molecular formula is C23H32IN5. The van der Waals surface area contributed by atoms with Crippen molar-refractivity contribution in [1.82, 2.24) is 10.6 Å². The zero-order chi connectivity index (χ0) is 19.3. The lowest BCUT2D eigenvalue weighted by Gasteiger charge is -2.28. The van der Waals surface area contributed by atoms with Gasteiger partial charge in [0.1, 0.15) is 0 Å². The molecular weight excluding hydrogens is 473 g/mol. The van der Waals surface area contributed by atoms with Gasteiger partial charge in [0.15, 0.2) is 5.96 Å². The molecule has 1 fully saturated rings. The van der Waals surface area contributed by atoms with Crippen LogP contribution in [0.25, 0.3) is 0 Å². The van der Waals surface area contributed by atoms with Crippen LogP contribution in [0.5, 0.6) is 0 Å². The zero-order valence-electron chi connectivity index (χ0n) is 17.4. The Morgan fingerprint density at radius 1 is 1.14 bits per heavy atom. The fraction of sp³-hybridized carbons (Fsp3) is 0.435. The quantitative estimate of drug-likeness (QED) is 0.379. The molecule has 0 bridgehead atoms. The number of aryl methyl sites for hydroxylation is 1. The highest BCUT2D eigenvalue weighted by molar-refractivity contribution is 14.0. The van der Waals surface area contributed by atoms with E-state index in [9.17, 15) is 0 Å². The van der Waals surface area contributed by atoms with E-state index in [1.54, 1.807) is 0 Å². The Morgan fingerprint density at radius 2 is 1.97 bits per heavy atom. The molecule has 29 heavy (non-hydrogen) atoms. The van der Waals surface area contributed by atoms with Crippen LogP contribution in [0, 0.1) is 0 Å². The highest BCUT2D eigenvalue weighted by Crippen LogP contribution is 2.26. The normalized spacial score (nSPS) is 18.8. The molecule has 2 aliphatic heterocycles. The van der Waals surface area contributed by atoms with Crippen molar-refractivity contribution in [2.75, 3.05) is 43.5 Å². The first kappa shape index (κ1) is 21.7. The summed E-state index contributed by atoms with van der Waals surface area (Å²) < 4.78 is 0. The van der Waals surface area contributed by atoms with E-state index in [1.807, 2.05) is 7.05 Å². The summed E-state index contributed by atoms with van der Waals surface area (Å²) in [5.74, 6) is 0.884. The van der Waals surface area contributed by atoms with Crippen LogP contribution in [0.1, 0.15) is 24.0 Å². The summed E-state index contributed by atoms with van der Waals surface area (Å²) in [4.78, 5) is 9.22. The van der Waals surface area contributed by atoms with Crippen LogP contribution in [0.2, 0.25) is 0 Å². The van der Waals surface area contributed by atoms with Crippen molar-refractivity contribution in [2.45, 2.75) is 31.8 Å². The second-order valence-corrected chi connectivity index (χ2v) is 7.83. The number of anilines is 2. The molecule has 2 aliphatic rings. The van der Waals surface area contributed by atoms with E-state index in [4.69, 9.17) is 0 Å². The molecule has 2 aromatic rings. The lowest BCUT2D eigenvalue weighted by molar-refractivity contribution is 0.648. The fourth-order valence-electron chi connectivity index (χ4n) is 4.27. The number of nitrogens with zero attached hydrogens (tertiary/aromatic N) is 3. The molecule has 1 unspecified atom stereocenters. The fourth-order valence-corrected chi connectivity index (χ4v) is 4.27. The SMILES string of the molecule is CN=C(NCc1ccc2c(c1)CCCN2C)NC1CCN(c2ccccc2)C1.I. The summed E-state index contributed by atoms with van der Waals surface area (Å²) in [5, 5.41) is 7.09. The van der Waals surface area contributed by atoms with Gasteiger partial charge in [0.25, 0.3) is 0 Å². The molecule has 0 amide bonds. The number of halogens is 1. The molecule has 1 atom stereocenters. The van der Waals surface area contributed by atoms with Gasteiger partial charge in [0.2, 0.25) is 0 Å². The van der Waals surface area contributed by atoms with Crippen LogP contribution in [0.15, 0.2) is 53.5 Å². The standard InChI is InChI=1S/C23H31N5.HI/c1-24-23(26-20-12-14-28(17-20)21-8-4-3-5-9-21)25-16-18-10-11-22-19(15-18)7-6-13-27(22)2;/h3-5,8-11,15,20H,6-7,12-14,16-17H2,1-2H3,(H2,24,25,26);1H. The van der Waals surface area contributed by atoms with Gasteiger partial charge in [-0.3, -0.25) is 4.99 Å². The van der Waals surface area contributed by atoms with Crippen LogP contribution in [-0.2, 0) is 13.0 Å². The highest BCUT2D eigenvalue weighted by atomic mass is 127. The van der Waals surface area contributed by atoms with Gasteiger partial charge in [-0.05, 0) is 48.6 Å². The van der Waals surface area contributed by atoms with Crippen LogP contribution in [-0.4, -0.2) is 45.7 Å². The van der Waals surface area contributed by atoms with Crippen LogP contribution >= 0.6 is 24.0 Å². The predicted octanol–water partition coefficient (Wildman–Crippen LogP) is 3.63. The van der Waals surface area contributed by atoms with Crippen molar-refractivity contribution in [1.29, 1.82) is 0 Å². The van der Waals surface area contributed by atoms with Crippen molar-refractivity contribution >= 4 is 41.3 Å². The highest BCUT2D eigenvalue weighted by Gasteiger charge is 2.23. The molecule has 1 saturated heterocycles. The summed E-state index contributed by atoms with van der Waals surface area (Å²) >= 11 is 0. The third-order valence-corrected chi connectivity index (χ3v) is 5.83. The van der Waals surface area contributed by atoms with E-state index in [1.165, 1.54) is 35.3 Å². The third-order valence-electron chi connectivity index (χ3n) is 5.83. The maximum Gasteiger partial charge on any atom is 0.191 e. The summed E-state index contributed by atoms with van der Waals surface area (Å²) in [6.07, 6.45) is 3.54. The van der Waals surface area contributed by atoms with Gasteiger partial charge in [-0.15, -0.1) is 24.0 Å². The molecule has 6 heteroatoms. The first-order valence-electron chi connectivity index (χ1n) is 10.3. The first-order chi connectivity index (χ1) is 13.7. The summed E-state index contributed by atoms with van der Waals surface area (Å²) in [6, 6.07) is 17.9. The molecule has 5 nitrogen and oxygen atoms in total. The largest absolute Gasteiger partial charge is 0.374 e. The van der Waals surface area contributed by atoms with E-state index in [-0.39, 0.29) is 24.0 Å². The molecule has 0 spiro atoms. The van der Waals surface area contributed by atoms with E-state index in [2.05, 4.69) is 81.0 Å². The number of guanidine groups is 1. The average Bonchev–Trinajstić information content (AvgIpc) is 3.20. The predicted molar refractivity (Wildman–Crippen MR) is 134 cm³/mol. The molecule has 156 valence electrons. The minimum atomic E-state index is 0.